The van der Waals surface area contributed by atoms with E-state index in [0.29, 0.717) is 21.9 Å². The summed E-state index contributed by atoms with van der Waals surface area (Å²) in [5.74, 6) is 0. The van der Waals surface area contributed by atoms with E-state index in [1.54, 1.807) is 28.1 Å². The van der Waals surface area contributed by atoms with Crippen LogP contribution in [0.3, 0.4) is 0 Å². The Morgan fingerprint density at radius 2 is 1.85 bits per heavy atom. The van der Waals surface area contributed by atoms with Crippen LogP contribution in [0.2, 0.25) is 0 Å². The highest BCUT2D eigenvalue weighted by Gasteiger charge is 2.21. The van der Waals surface area contributed by atoms with Gasteiger partial charge in [0.1, 0.15) is 5.58 Å². The van der Waals surface area contributed by atoms with E-state index in [2.05, 4.69) is 52.0 Å². The van der Waals surface area contributed by atoms with Gasteiger partial charge in [-0.1, -0.05) is 41.2 Å². The molecular formula is C29H21N7O2S2. The van der Waals surface area contributed by atoms with Crippen molar-refractivity contribution in [1.29, 1.82) is 0 Å². The largest absolute Gasteiger partial charge is 0.422 e. The summed E-state index contributed by atoms with van der Waals surface area (Å²) in [7, 11) is 0. The molecule has 196 valence electrons. The van der Waals surface area contributed by atoms with Crippen LogP contribution in [0.15, 0.2) is 75.0 Å². The SMILES string of the molecule is Cc1ccc2c(c1)cc(C=NNc1nc(-c3cc(C)sc3C)c(-c3cc4ccccc4oc3=O)s1)c1nnnn12. The molecule has 0 unspecified atom stereocenters. The number of pyridine rings is 1. The number of tetrazole rings is 1. The fraction of sp³-hybridized carbons (Fsp3) is 0.103. The molecule has 0 saturated carbocycles. The number of benzene rings is 2. The van der Waals surface area contributed by atoms with E-state index < -0.39 is 5.63 Å². The lowest BCUT2D eigenvalue weighted by Crippen LogP contribution is -2.02. The molecule has 1 N–H and O–H groups in total. The number of fused-ring (bicyclic) bond motifs is 4. The molecule has 5 aromatic heterocycles. The van der Waals surface area contributed by atoms with Gasteiger partial charge in [-0.2, -0.15) is 9.62 Å². The summed E-state index contributed by atoms with van der Waals surface area (Å²) in [6, 6.07) is 19.6. The zero-order valence-electron chi connectivity index (χ0n) is 21.7. The van der Waals surface area contributed by atoms with E-state index in [1.165, 1.54) is 16.2 Å². The van der Waals surface area contributed by atoms with Gasteiger partial charge >= 0.3 is 5.63 Å². The minimum Gasteiger partial charge on any atom is -0.422 e. The predicted octanol–water partition coefficient (Wildman–Crippen LogP) is 6.61. The summed E-state index contributed by atoms with van der Waals surface area (Å²) in [4.78, 5) is 21.0. The van der Waals surface area contributed by atoms with Crippen LogP contribution in [-0.4, -0.2) is 31.2 Å². The van der Waals surface area contributed by atoms with Gasteiger partial charge < -0.3 is 4.42 Å². The molecule has 0 aliphatic rings. The zero-order valence-corrected chi connectivity index (χ0v) is 23.3. The van der Waals surface area contributed by atoms with Crippen LogP contribution in [0.4, 0.5) is 5.13 Å². The summed E-state index contributed by atoms with van der Waals surface area (Å²) in [6.07, 6.45) is 1.68. The molecule has 0 fully saturated rings. The molecule has 7 rings (SSSR count). The molecule has 5 heterocycles. The first-order valence-corrected chi connectivity index (χ1v) is 14.1. The fourth-order valence-corrected chi connectivity index (χ4v) is 6.67. The normalized spacial score (nSPS) is 11.9. The van der Waals surface area contributed by atoms with Gasteiger partial charge in [-0.15, -0.1) is 16.4 Å². The number of anilines is 1. The third-order valence-corrected chi connectivity index (χ3v) is 8.58. The molecule has 0 aliphatic carbocycles. The van der Waals surface area contributed by atoms with Gasteiger partial charge in [-0.3, -0.25) is 5.43 Å². The Hall–Kier alpha value is -4.74. The number of nitrogens with one attached hydrogen (secondary N) is 1. The monoisotopic (exact) mass is 563 g/mol. The van der Waals surface area contributed by atoms with Crippen molar-refractivity contribution in [2.45, 2.75) is 20.8 Å². The average molecular weight is 564 g/mol. The number of hydrazone groups is 1. The van der Waals surface area contributed by atoms with E-state index in [-0.39, 0.29) is 0 Å². The first kappa shape index (κ1) is 24.3. The lowest BCUT2D eigenvalue weighted by Gasteiger charge is -2.04. The molecule has 0 aliphatic heterocycles. The molecule has 40 heavy (non-hydrogen) atoms. The summed E-state index contributed by atoms with van der Waals surface area (Å²) in [5, 5.41) is 19.1. The zero-order chi connectivity index (χ0) is 27.4. The van der Waals surface area contributed by atoms with Gasteiger partial charge in [0.2, 0.25) is 5.13 Å². The minimum atomic E-state index is -0.406. The number of hydrogen-bond acceptors (Lipinski definition) is 10. The molecule has 0 spiro atoms. The van der Waals surface area contributed by atoms with Crippen LogP contribution in [0.5, 0.6) is 0 Å². The van der Waals surface area contributed by atoms with Gasteiger partial charge in [0, 0.05) is 31.7 Å². The molecule has 0 atom stereocenters. The molecule has 11 heteroatoms. The van der Waals surface area contributed by atoms with Crippen LogP contribution < -0.4 is 11.1 Å². The van der Waals surface area contributed by atoms with E-state index in [1.807, 2.05) is 49.4 Å². The molecule has 9 nitrogen and oxygen atoms in total. The van der Waals surface area contributed by atoms with E-state index >= 15 is 0 Å². The third kappa shape index (κ3) is 4.16. The van der Waals surface area contributed by atoms with Crippen LogP contribution in [-0.2, 0) is 0 Å². The van der Waals surface area contributed by atoms with Crippen molar-refractivity contribution in [3.8, 4) is 21.7 Å². The van der Waals surface area contributed by atoms with Crippen molar-refractivity contribution in [3.63, 3.8) is 0 Å². The van der Waals surface area contributed by atoms with Crippen LogP contribution in [0.25, 0.3) is 49.2 Å². The van der Waals surface area contributed by atoms with Gasteiger partial charge in [-0.05, 0) is 67.6 Å². The number of thiophene rings is 1. The van der Waals surface area contributed by atoms with Crippen molar-refractivity contribution in [2.75, 3.05) is 5.43 Å². The fourth-order valence-electron chi connectivity index (χ4n) is 4.82. The van der Waals surface area contributed by atoms with Crippen molar-refractivity contribution in [3.05, 3.63) is 92.0 Å². The summed E-state index contributed by atoms with van der Waals surface area (Å²) < 4.78 is 7.36. The molecule has 7 aromatic rings. The Balaban J connectivity index is 1.31. The van der Waals surface area contributed by atoms with Crippen molar-refractivity contribution >= 4 is 61.5 Å². The smallest absolute Gasteiger partial charge is 0.345 e. The Labute approximate surface area is 235 Å². The van der Waals surface area contributed by atoms with Gasteiger partial charge in [0.25, 0.3) is 0 Å². The van der Waals surface area contributed by atoms with E-state index in [0.717, 1.165) is 48.4 Å². The maximum Gasteiger partial charge on any atom is 0.345 e. The highest BCUT2D eigenvalue weighted by atomic mass is 32.1. The van der Waals surface area contributed by atoms with Crippen molar-refractivity contribution in [2.24, 2.45) is 5.10 Å². The van der Waals surface area contributed by atoms with E-state index in [9.17, 15) is 4.79 Å². The highest BCUT2D eigenvalue weighted by molar-refractivity contribution is 7.19. The molecular weight excluding hydrogens is 543 g/mol. The number of nitrogens with zero attached hydrogens (tertiary/aromatic N) is 6. The van der Waals surface area contributed by atoms with Crippen molar-refractivity contribution < 1.29 is 4.42 Å². The van der Waals surface area contributed by atoms with Crippen LogP contribution >= 0.6 is 22.7 Å². The first-order valence-electron chi connectivity index (χ1n) is 12.5. The van der Waals surface area contributed by atoms with Gasteiger partial charge in [-0.25, -0.2) is 9.78 Å². The van der Waals surface area contributed by atoms with Crippen LogP contribution in [0, 0.1) is 20.8 Å². The second-order valence-electron chi connectivity index (χ2n) is 9.46. The van der Waals surface area contributed by atoms with Crippen LogP contribution in [0.1, 0.15) is 20.9 Å². The standard InChI is InChI=1S/C29H21N7O2S2/c1-15-8-9-23-19(10-15)12-20(27-32-34-35-36(23)27)14-30-33-29-31-25(21-11-16(2)39-17(21)3)26(40-29)22-13-18-6-4-5-7-24(18)38-28(22)37/h4-14H,1-3H3,(H,31,33). The predicted molar refractivity (Wildman–Crippen MR) is 161 cm³/mol. The maximum absolute atomic E-state index is 13.1. The molecule has 0 bridgehead atoms. The number of hydrogen-bond donors (Lipinski definition) is 1. The number of rotatable bonds is 5. The third-order valence-electron chi connectivity index (χ3n) is 6.62. The maximum atomic E-state index is 13.1. The summed E-state index contributed by atoms with van der Waals surface area (Å²) >= 11 is 3.05. The Kier molecular flexibility index (Phi) is 5.76. The quantitative estimate of drug-likeness (QED) is 0.143. The molecule has 0 radical (unpaired) electrons. The molecule has 0 amide bonds. The van der Waals surface area contributed by atoms with Gasteiger partial charge in [0.15, 0.2) is 5.65 Å². The topological polar surface area (TPSA) is 111 Å². The average Bonchev–Trinajstić information content (AvgIpc) is 3.66. The van der Waals surface area contributed by atoms with Gasteiger partial charge in [0.05, 0.1) is 27.9 Å². The second-order valence-corrected chi connectivity index (χ2v) is 11.9. The van der Waals surface area contributed by atoms with Crippen molar-refractivity contribution in [1.82, 2.24) is 25.0 Å². The highest BCUT2D eigenvalue weighted by Crippen LogP contribution is 2.41. The minimum absolute atomic E-state index is 0.406. The number of thiazole rings is 1. The lowest BCUT2D eigenvalue weighted by atomic mass is 10.1. The summed E-state index contributed by atoms with van der Waals surface area (Å²) in [5.41, 5.74) is 8.79. The lowest BCUT2D eigenvalue weighted by molar-refractivity contribution is 0.564. The van der Waals surface area contributed by atoms with E-state index in [4.69, 9.17) is 9.40 Å². The molecule has 0 saturated heterocycles. The number of aromatic nitrogens is 5. The Morgan fingerprint density at radius 1 is 0.975 bits per heavy atom. The first-order chi connectivity index (χ1) is 19.4. The molecule has 2 aromatic carbocycles. The Morgan fingerprint density at radius 3 is 2.70 bits per heavy atom. The summed E-state index contributed by atoms with van der Waals surface area (Å²) in [6.45, 7) is 6.17. The number of para-hydroxylation sites is 1. The Bertz CT molecular complexity index is 2170. The second kappa shape index (κ2) is 9.47. The number of aryl methyl sites for hydroxylation is 3.